The summed E-state index contributed by atoms with van der Waals surface area (Å²) in [6, 6.07) is 0. The maximum Gasteiger partial charge on any atom is 0.146 e. The van der Waals surface area contributed by atoms with Gasteiger partial charge >= 0.3 is 0 Å². The lowest BCUT2D eigenvalue weighted by molar-refractivity contribution is 0.921. The quantitative estimate of drug-likeness (QED) is 0.286. The molecular formula is C3H9N3S2. The van der Waals surface area contributed by atoms with Crippen LogP contribution in [-0.2, 0) is 0 Å². The highest BCUT2D eigenvalue weighted by Gasteiger charge is 1.85. The maximum absolute atomic E-state index is 5.15. The van der Waals surface area contributed by atoms with Gasteiger partial charge in [0.05, 0.1) is 0 Å². The SMILES string of the molecule is NCCNSC(N)=S. The van der Waals surface area contributed by atoms with Gasteiger partial charge in [-0.15, -0.1) is 0 Å². The van der Waals surface area contributed by atoms with Crippen LogP contribution in [0.25, 0.3) is 0 Å². The molecule has 0 aromatic heterocycles. The van der Waals surface area contributed by atoms with E-state index in [9.17, 15) is 0 Å². The molecule has 0 aliphatic carbocycles. The molecular weight excluding hydrogens is 142 g/mol. The maximum atomic E-state index is 5.15. The van der Waals surface area contributed by atoms with Crippen molar-refractivity contribution in [2.24, 2.45) is 11.5 Å². The second-order valence-corrected chi connectivity index (χ2v) is 2.73. The van der Waals surface area contributed by atoms with Crippen molar-refractivity contribution in [2.45, 2.75) is 0 Å². The number of nitrogens with two attached hydrogens (primary N) is 2. The van der Waals surface area contributed by atoms with E-state index in [0.717, 1.165) is 6.54 Å². The minimum Gasteiger partial charge on any atom is -0.384 e. The van der Waals surface area contributed by atoms with Gasteiger partial charge in [0.25, 0.3) is 0 Å². The van der Waals surface area contributed by atoms with Crippen molar-refractivity contribution >= 4 is 28.5 Å². The van der Waals surface area contributed by atoms with Gasteiger partial charge in [0.1, 0.15) is 4.32 Å². The van der Waals surface area contributed by atoms with E-state index in [4.69, 9.17) is 11.5 Å². The zero-order valence-electron chi connectivity index (χ0n) is 4.39. The second-order valence-electron chi connectivity index (χ2n) is 1.10. The fraction of sp³-hybridized carbons (Fsp3) is 0.667. The second kappa shape index (κ2) is 5.30. The molecule has 0 saturated carbocycles. The van der Waals surface area contributed by atoms with Crippen molar-refractivity contribution in [2.75, 3.05) is 13.1 Å². The molecule has 0 saturated heterocycles. The van der Waals surface area contributed by atoms with E-state index in [1.807, 2.05) is 0 Å². The van der Waals surface area contributed by atoms with Crippen molar-refractivity contribution in [1.29, 1.82) is 0 Å². The molecule has 0 aliphatic heterocycles. The van der Waals surface area contributed by atoms with Crippen molar-refractivity contribution in [3.63, 3.8) is 0 Å². The zero-order valence-corrected chi connectivity index (χ0v) is 6.02. The Kier molecular flexibility index (Phi) is 5.41. The first-order chi connectivity index (χ1) is 3.77. The van der Waals surface area contributed by atoms with Gasteiger partial charge in [0.15, 0.2) is 0 Å². The summed E-state index contributed by atoms with van der Waals surface area (Å²) in [5, 5.41) is 0. The number of thiocarbonyl (C=S) groups is 1. The summed E-state index contributed by atoms with van der Waals surface area (Å²) >= 11 is 5.78. The van der Waals surface area contributed by atoms with Crippen LogP contribution in [0, 0.1) is 0 Å². The summed E-state index contributed by atoms with van der Waals surface area (Å²) in [5.74, 6) is 0. The molecule has 0 unspecified atom stereocenters. The molecule has 3 nitrogen and oxygen atoms in total. The molecule has 0 aromatic rings. The van der Waals surface area contributed by atoms with Gasteiger partial charge in [0.2, 0.25) is 0 Å². The monoisotopic (exact) mass is 151 g/mol. The molecule has 0 radical (unpaired) electrons. The fourth-order valence-electron chi connectivity index (χ4n) is 0.181. The van der Waals surface area contributed by atoms with Crippen LogP contribution in [0.1, 0.15) is 0 Å². The Bertz CT molecular complexity index is 74.9. The summed E-state index contributed by atoms with van der Waals surface area (Å²) < 4.78 is 3.26. The zero-order chi connectivity index (χ0) is 6.41. The predicted molar refractivity (Wildman–Crippen MR) is 41.4 cm³/mol. The average molecular weight is 151 g/mol. The first-order valence-electron chi connectivity index (χ1n) is 2.16. The lowest BCUT2D eigenvalue weighted by Gasteiger charge is -1.96. The number of nitrogens with one attached hydrogen (secondary N) is 1. The van der Waals surface area contributed by atoms with Crippen molar-refractivity contribution in [3.8, 4) is 0 Å². The van der Waals surface area contributed by atoms with E-state index in [0.29, 0.717) is 10.9 Å². The third-order valence-corrected chi connectivity index (χ3v) is 1.22. The van der Waals surface area contributed by atoms with E-state index in [-0.39, 0.29) is 0 Å². The normalized spacial score (nSPS) is 9.12. The molecule has 5 N–H and O–H groups in total. The number of hydrogen-bond acceptors (Lipinski definition) is 4. The van der Waals surface area contributed by atoms with Crippen LogP contribution in [-0.4, -0.2) is 17.4 Å². The molecule has 0 spiro atoms. The Hall–Kier alpha value is 0.160. The molecule has 0 heterocycles. The number of hydrogen-bond donors (Lipinski definition) is 3. The summed E-state index contributed by atoms with van der Waals surface area (Å²) in [6.45, 7) is 1.34. The van der Waals surface area contributed by atoms with Gasteiger partial charge in [-0.1, -0.05) is 12.2 Å². The molecule has 5 heteroatoms. The third-order valence-electron chi connectivity index (χ3n) is 0.419. The van der Waals surface area contributed by atoms with Gasteiger partial charge in [0, 0.05) is 13.1 Å². The summed E-state index contributed by atoms with van der Waals surface area (Å²) in [5.41, 5.74) is 10.3. The standard InChI is InChI=1S/C3H9N3S2/c4-1-2-6-8-3(5)7/h6H,1-2,4H2,(H2,5,7). The Morgan fingerprint density at radius 1 is 1.75 bits per heavy atom. The van der Waals surface area contributed by atoms with Crippen LogP contribution in [0.2, 0.25) is 0 Å². The highest BCUT2D eigenvalue weighted by molar-refractivity contribution is 8.21. The topological polar surface area (TPSA) is 64.1 Å². The lowest BCUT2D eigenvalue weighted by atomic mass is 10.7. The molecule has 0 amide bonds. The molecule has 0 atom stereocenters. The van der Waals surface area contributed by atoms with Gasteiger partial charge in [-0.2, -0.15) is 0 Å². The molecule has 0 aliphatic rings. The van der Waals surface area contributed by atoms with Gasteiger partial charge < -0.3 is 11.5 Å². The molecule has 48 valence electrons. The highest BCUT2D eigenvalue weighted by Crippen LogP contribution is 1.88. The van der Waals surface area contributed by atoms with Gasteiger partial charge in [-0.05, 0) is 11.9 Å². The predicted octanol–water partition coefficient (Wildman–Crippen LogP) is -0.574. The fourth-order valence-corrected chi connectivity index (χ4v) is 0.720. The van der Waals surface area contributed by atoms with Gasteiger partial charge in [-0.3, -0.25) is 4.72 Å². The lowest BCUT2D eigenvalue weighted by Crippen LogP contribution is -2.19. The molecule has 0 aromatic carbocycles. The Morgan fingerprint density at radius 2 is 2.38 bits per heavy atom. The van der Waals surface area contributed by atoms with Crippen LogP contribution in [0.4, 0.5) is 0 Å². The highest BCUT2D eigenvalue weighted by atomic mass is 32.2. The van der Waals surface area contributed by atoms with Crippen molar-refractivity contribution < 1.29 is 0 Å². The van der Waals surface area contributed by atoms with Crippen LogP contribution in [0.15, 0.2) is 0 Å². The van der Waals surface area contributed by atoms with Crippen LogP contribution < -0.4 is 16.2 Å². The Morgan fingerprint density at radius 3 is 2.75 bits per heavy atom. The first-order valence-corrected chi connectivity index (χ1v) is 3.39. The van der Waals surface area contributed by atoms with E-state index in [2.05, 4.69) is 16.9 Å². The minimum atomic E-state index is 0.401. The van der Waals surface area contributed by atoms with E-state index in [1.165, 1.54) is 11.9 Å². The third kappa shape index (κ3) is 6.16. The molecule has 0 bridgehead atoms. The van der Waals surface area contributed by atoms with Crippen molar-refractivity contribution in [3.05, 3.63) is 0 Å². The average Bonchev–Trinajstić information content (AvgIpc) is 1.66. The largest absolute Gasteiger partial charge is 0.384 e. The van der Waals surface area contributed by atoms with E-state index in [1.54, 1.807) is 0 Å². The van der Waals surface area contributed by atoms with E-state index < -0.39 is 0 Å². The smallest absolute Gasteiger partial charge is 0.146 e. The molecule has 8 heavy (non-hydrogen) atoms. The van der Waals surface area contributed by atoms with Crippen LogP contribution >= 0.6 is 24.2 Å². The Balaban J connectivity index is 2.82. The van der Waals surface area contributed by atoms with E-state index >= 15 is 0 Å². The summed E-state index contributed by atoms with van der Waals surface area (Å²) in [4.78, 5) is 0. The van der Waals surface area contributed by atoms with Crippen LogP contribution in [0.5, 0.6) is 0 Å². The van der Waals surface area contributed by atoms with Crippen LogP contribution in [0.3, 0.4) is 0 Å². The van der Waals surface area contributed by atoms with Gasteiger partial charge in [-0.25, -0.2) is 0 Å². The molecule has 0 rings (SSSR count). The summed E-state index contributed by atoms with van der Waals surface area (Å²) in [6.07, 6.45) is 0. The molecule has 0 fully saturated rings. The first kappa shape index (κ1) is 8.16. The number of rotatable bonds is 3. The minimum absolute atomic E-state index is 0.401. The Labute approximate surface area is 58.3 Å². The van der Waals surface area contributed by atoms with Crippen molar-refractivity contribution in [1.82, 2.24) is 4.72 Å². The summed E-state index contributed by atoms with van der Waals surface area (Å²) in [7, 11) is 0.